The third kappa shape index (κ3) is 5.87. The molecule has 3 heterocycles. The van der Waals surface area contributed by atoms with Gasteiger partial charge in [-0.15, -0.1) is 15.3 Å². The van der Waals surface area contributed by atoms with Crippen LogP contribution >= 0.6 is 0 Å². The lowest BCUT2D eigenvalue weighted by molar-refractivity contribution is -0.192. The summed E-state index contributed by atoms with van der Waals surface area (Å²) in [4.78, 5) is 13.6. The topological polar surface area (TPSA) is 86.9 Å². The van der Waals surface area contributed by atoms with E-state index >= 15 is 0 Å². The van der Waals surface area contributed by atoms with Gasteiger partial charge in [0.2, 0.25) is 0 Å². The molecular formula is C19H20F4N6O2. The summed E-state index contributed by atoms with van der Waals surface area (Å²) in [6.07, 6.45) is -5.08. The van der Waals surface area contributed by atoms with Crippen molar-refractivity contribution in [1.82, 2.24) is 24.7 Å². The minimum absolute atomic E-state index is 0.186. The van der Waals surface area contributed by atoms with Crippen LogP contribution in [0.4, 0.5) is 23.4 Å². The second-order valence-corrected chi connectivity index (χ2v) is 6.90. The summed E-state index contributed by atoms with van der Waals surface area (Å²) in [6, 6.07) is 10.7. The van der Waals surface area contributed by atoms with Gasteiger partial charge in [-0.25, -0.2) is 9.18 Å². The molecule has 1 fully saturated rings. The van der Waals surface area contributed by atoms with Gasteiger partial charge in [0.15, 0.2) is 11.5 Å². The van der Waals surface area contributed by atoms with E-state index in [1.165, 1.54) is 12.1 Å². The monoisotopic (exact) mass is 440 g/mol. The van der Waals surface area contributed by atoms with Crippen molar-refractivity contribution in [3.8, 4) is 0 Å². The lowest BCUT2D eigenvalue weighted by atomic mass is 10.2. The fourth-order valence-corrected chi connectivity index (χ4v) is 3.04. The van der Waals surface area contributed by atoms with Crippen LogP contribution in [-0.4, -0.2) is 68.1 Å². The number of carbonyl (C=O) groups is 1. The number of fused-ring (bicyclic) bond motifs is 1. The molecule has 0 radical (unpaired) electrons. The number of aromatic nitrogens is 4. The van der Waals surface area contributed by atoms with E-state index in [4.69, 9.17) is 9.90 Å². The fourth-order valence-electron chi connectivity index (χ4n) is 3.04. The van der Waals surface area contributed by atoms with Crippen LogP contribution in [0.2, 0.25) is 0 Å². The summed E-state index contributed by atoms with van der Waals surface area (Å²) in [5, 5.41) is 19.9. The zero-order valence-corrected chi connectivity index (χ0v) is 16.6. The summed E-state index contributed by atoms with van der Waals surface area (Å²) < 4.78 is 46.5. The van der Waals surface area contributed by atoms with E-state index < -0.39 is 12.1 Å². The average Bonchev–Trinajstić information content (AvgIpc) is 3.10. The molecule has 1 aliphatic heterocycles. The average molecular weight is 440 g/mol. The number of hydrogen-bond acceptors (Lipinski definition) is 6. The number of aryl methyl sites for hydroxylation is 1. The Balaban J connectivity index is 0.000000339. The summed E-state index contributed by atoms with van der Waals surface area (Å²) >= 11 is 0. The maximum Gasteiger partial charge on any atom is 0.490 e. The second kappa shape index (κ2) is 9.25. The summed E-state index contributed by atoms with van der Waals surface area (Å²) in [6.45, 7) is 6.50. The number of rotatable bonds is 3. The number of piperazine rings is 1. The maximum atomic E-state index is 13.0. The molecule has 12 heteroatoms. The Kier molecular flexibility index (Phi) is 6.68. The van der Waals surface area contributed by atoms with Crippen molar-refractivity contribution in [3.63, 3.8) is 0 Å². The van der Waals surface area contributed by atoms with Gasteiger partial charge < -0.3 is 10.0 Å². The zero-order valence-electron chi connectivity index (χ0n) is 16.6. The predicted molar refractivity (Wildman–Crippen MR) is 103 cm³/mol. The highest BCUT2D eigenvalue weighted by atomic mass is 19.4. The summed E-state index contributed by atoms with van der Waals surface area (Å²) in [5.41, 5.74) is 1.91. The number of anilines is 1. The minimum Gasteiger partial charge on any atom is -0.475 e. The molecule has 0 unspecified atom stereocenters. The van der Waals surface area contributed by atoms with E-state index in [0.29, 0.717) is 0 Å². The van der Waals surface area contributed by atoms with E-state index in [9.17, 15) is 17.6 Å². The van der Waals surface area contributed by atoms with Crippen molar-refractivity contribution in [2.75, 3.05) is 31.1 Å². The SMILES string of the molecule is Cc1nnc2ccc(N3CCN(Cc4ccc(F)cc4)CC3)nn12.O=C(O)C(F)(F)F. The molecule has 0 aliphatic carbocycles. The Morgan fingerprint density at radius 2 is 1.65 bits per heavy atom. The van der Waals surface area contributed by atoms with Gasteiger partial charge in [-0.1, -0.05) is 12.1 Å². The van der Waals surface area contributed by atoms with Gasteiger partial charge in [0.1, 0.15) is 11.6 Å². The first kappa shape index (κ1) is 22.4. The molecule has 4 rings (SSSR count). The van der Waals surface area contributed by atoms with Crippen LogP contribution in [0.3, 0.4) is 0 Å². The van der Waals surface area contributed by atoms with Crippen LogP contribution in [0.5, 0.6) is 0 Å². The van der Waals surface area contributed by atoms with E-state index in [0.717, 1.165) is 55.6 Å². The quantitative estimate of drug-likeness (QED) is 0.627. The number of halogens is 4. The lowest BCUT2D eigenvalue weighted by Gasteiger charge is -2.35. The molecule has 1 aromatic carbocycles. The first-order valence-corrected chi connectivity index (χ1v) is 9.34. The predicted octanol–water partition coefficient (Wildman–Crippen LogP) is 2.53. The Morgan fingerprint density at radius 3 is 2.23 bits per heavy atom. The van der Waals surface area contributed by atoms with Crippen molar-refractivity contribution in [2.45, 2.75) is 19.6 Å². The van der Waals surface area contributed by atoms with Crippen molar-refractivity contribution < 1.29 is 27.5 Å². The fraction of sp³-hybridized carbons (Fsp3) is 0.368. The molecule has 1 saturated heterocycles. The van der Waals surface area contributed by atoms with Gasteiger partial charge in [-0.2, -0.15) is 17.7 Å². The van der Waals surface area contributed by atoms with Crippen LogP contribution in [0.15, 0.2) is 36.4 Å². The van der Waals surface area contributed by atoms with Gasteiger partial charge in [-0.3, -0.25) is 4.90 Å². The van der Waals surface area contributed by atoms with E-state index in [1.54, 1.807) is 4.52 Å². The molecule has 0 spiro atoms. The molecular weight excluding hydrogens is 420 g/mol. The molecule has 1 N–H and O–H groups in total. The van der Waals surface area contributed by atoms with Crippen molar-refractivity contribution in [1.29, 1.82) is 0 Å². The Hall–Kier alpha value is -3.28. The van der Waals surface area contributed by atoms with Gasteiger partial charge in [0, 0.05) is 32.7 Å². The normalized spacial score (nSPS) is 14.9. The zero-order chi connectivity index (χ0) is 22.6. The number of nitrogens with zero attached hydrogens (tertiary/aromatic N) is 6. The third-order valence-electron chi connectivity index (χ3n) is 4.66. The van der Waals surface area contributed by atoms with Crippen LogP contribution in [0, 0.1) is 12.7 Å². The van der Waals surface area contributed by atoms with Crippen molar-refractivity contribution in [3.05, 3.63) is 53.6 Å². The van der Waals surface area contributed by atoms with Crippen molar-refractivity contribution in [2.24, 2.45) is 0 Å². The number of aliphatic carboxylic acids is 1. The molecule has 1 aliphatic rings. The van der Waals surface area contributed by atoms with Gasteiger partial charge in [-0.05, 0) is 36.8 Å². The molecule has 8 nitrogen and oxygen atoms in total. The molecule has 166 valence electrons. The Bertz CT molecular complexity index is 1030. The standard InChI is InChI=1S/C17H19FN6.C2HF3O2/c1-13-19-20-16-6-7-17(21-24(13)16)23-10-8-22(9-11-23)12-14-2-4-15(18)5-3-14;3-2(4,5)1(6)7/h2-7H,8-12H2,1H3;(H,6,7). The highest BCUT2D eigenvalue weighted by Gasteiger charge is 2.38. The molecule has 0 saturated carbocycles. The highest BCUT2D eigenvalue weighted by Crippen LogP contribution is 2.16. The molecule has 0 bridgehead atoms. The van der Waals surface area contributed by atoms with E-state index in [1.807, 2.05) is 31.2 Å². The Morgan fingerprint density at radius 1 is 1.03 bits per heavy atom. The van der Waals surface area contributed by atoms with Crippen molar-refractivity contribution >= 4 is 17.4 Å². The number of benzene rings is 1. The van der Waals surface area contributed by atoms with Crippen LogP contribution < -0.4 is 4.90 Å². The molecule has 0 amide bonds. The first-order chi connectivity index (χ1) is 14.6. The maximum absolute atomic E-state index is 13.0. The third-order valence-corrected chi connectivity index (χ3v) is 4.66. The largest absolute Gasteiger partial charge is 0.490 e. The molecule has 2 aromatic heterocycles. The van der Waals surface area contributed by atoms with Gasteiger partial charge >= 0.3 is 12.1 Å². The summed E-state index contributed by atoms with van der Waals surface area (Å²) in [5.74, 6) is -1.20. The van der Waals surface area contributed by atoms with Gasteiger partial charge in [0.05, 0.1) is 0 Å². The number of alkyl halides is 3. The molecule has 3 aromatic rings. The number of hydrogen-bond donors (Lipinski definition) is 1. The number of carboxylic acids is 1. The van der Waals surface area contributed by atoms with Crippen LogP contribution in [0.25, 0.3) is 5.65 Å². The highest BCUT2D eigenvalue weighted by molar-refractivity contribution is 5.73. The summed E-state index contributed by atoms with van der Waals surface area (Å²) in [7, 11) is 0. The van der Waals surface area contributed by atoms with Crippen LogP contribution in [-0.2, 0) is 11.3 Å². The number of carboxylic acid groups (broad SMARTS) is 1. The second-order valence-electron chi connectivity index (χ2n) is 6.90. The molecule has 31 heavy (non-hydrogen) atoms. The Labute approximate surface area is 174 Å². The van der Waals surface area contributed by atoms with Crippen LogP contribution in [0.1, 0.15) is 11.4 Å². The first-order valence-electron chi connectivity index (χ1n) is 9.34. The minimum atomic E-state index is -5.08. The van der Waals surface area contributed by atoms with E-state index in [-0.39, 0.29) is 5.82 Å². The van der Waals surface area contributed by atoms with E-state index in [2.05, 4.69) is 25.1 Å². The smallest absolute Gasteiger partial charge is 0.475 e. The lowest BCUT2D eigenvalue weighted by Crippen LogP contribution is -2.46. The van der Waals surface area contributed by atoms with Gasteiger partial charge in [0.25, 0.3) is 0 Å². The molecule has 0 atom stereocenters.